The van der Waals surface area contributed by atoms with Gasteiger partial charge in [-0.2, -0.15) is 0 Å². The fraction of sp³-hybridized carbons (Fsp3) is 0.0732. The second-order valence-corrected chi connectivity index (χ2v) is 12.2. The van der Waals surface area contributed by atoms with Crippen molar-refractivity contribution >= 4 is 21.8 Å². The number of para-hydroxylation sites is 1. The van der Waals surface area contributed by atoms with E-state index in [4.69, 9.17) is 4.74 Å². The van der Waals surface area contributed by atoms with Gasteiger partial charge in [-0.15, -0.1) is 0 Å². The zero-order chi connectivity index (χ0) is 35.6. The van der Waals surface area contributed by atoms with E-state index in [1.165, 1.54) is 33.9 Å². The van der Waals surface area contributed by atoms with Crippen LogP contribution in [-0.2, 0) is 19.7 Å². The molecule has 0 bridgehead atoms. The van der Waals surface area contributed by atoms with Gasteiger partial charge in [-0.05, 0) is 70.8 Å². The Balaban J connectivity index is 0.944. The van der Waals surface area contributed by atoms with Gasteiger partial charge in [0.15, 0.2) is 0 Å². The summed E-state index contributed by atoms with van der Waals surface area (Å²) in [4.78, 5) is 43.4. The van der Waals surface area contributed by atoms with E-state index in [2.05, 4.69) is 19.9 Å². The first kappa shape index (κ1) is 32.3. The molecule has 8 aromatic rings. The van der Waals surface area contributed by atoms with E-state index in [9.17, 15) is 9.59 Å². The number of halogens is 2. The Hall–Kier alpha value is -6.88. The molecule has 4 heterocycles. The first-order valence-electron chi connectivity index (χ1n) is 16.4. The molecule has 254 valence electrons. The molecule has 0 aliphatic rings. The highest BCUT2D eigenvalue weighted by atomic mass is 19.1. The lowest BCUT2D eigenvalue weighted by atomic mass is 10.0. The molecule has 0 saturated carbocycles. The smallest absolute Gasteiger partial charge is 0.261 e. The third-order valence-corrected chi connectivity index (χ3v) is 8.86. The van der Waals surface area contributed by atoms with Gasteiger partial charge >= 0.3 is 0 Å². The standard InChI is InChI=1S/C41H28F2N6O3/c42-35-17-27(8-10-31(35)21-48-24-46-37-6-2-1-5-33(37)40(48)50)29-13-15-45-39(19-29)52-23-26-7-12-34-38(16-26)47-25-49(41(34)51)22-32-11-9-28(18-36(32)43)30-4-3-14-44-20-30/h1-20,24-25H,21-23H2. The molecule has 8 rings (SSSR count). The summed E-state index contributed by atoms with van der Waals surface area (Å²) in [6.07, 6.45) is 7.75. The molecular formula is C41H28F2N6O3. The number of hydrogen-bond donors (Lipinski definition) is 0. The maximum Gasteiger partial charge on any atom is 0.261 e. The molecule has 0 unspecified atom stereocenters. The van der Waals surface area contributed by atoms with Crippen molar-refractivity contribution in [2.24, 2.45) is 0 Å². The van der Waals surface area contributed by atoms with Crippen molar-refractivity contribution in [3.8, 4) is 28.1 Å². The van der Waals surface area contributed by atoms with Crippen LogP contribution in [0.2, 0.25) is 0 Å². The van der Waals surface area contributed by atoms with Crippen LogP contribution in [0.25, 0.3) is 44.1 Å². The number of rotatable bonds is 9. The zero-order valence-electron chi connectivity index (χ0n) is 27.5. The van der Waals surface area contributed by atoms with Gasteiger partial charge in [0.05, 0.1) is 47.6 Å². The lowest BCUT2D eigenvalue weighted by Crippen LogP contribution is -2.21. The number of benzene rings is 4. The lowest BCUT2D eigenvalue weighted by Gasteiger charge is -2.11. The van der Waals surface area contributed by atoms with Crippen molar-refractivity contribution in [2.75, 3.05) is 0 Å². The van der Waals surface area contributed by atoms with E-state index in [-0.39, 0.29) is 30.8 Å². The van der Waals surface area contributed by atoms with Crippen molar-refractivity contribution in [1.29, 1.82) is 0 Å². The molecule has 0 aliphatic heterocycles. The normalized spacial score (nSPS) is 11.3. The summed E-state index contributed by atoms with van der Waals surface area (Å²) in [6.45, 7) is 0.220. The molecule has 0 fully saturated rings. The Morgan fingerprint density at radius 2 is 1.23 bits per heavy atom. The van der Waals surface area contributed by atoms with E-state index in [1.807, 2.05) is 12.1 Å². The topological polar surface area (TPSA) is 105 Å². The van der Waals surface area contributed by atoms with Gasteiger partial charge in [0, 0.05) is 41.3 Å². The lowest BCUT2D eigenvalue weighted by molar-refractivity contribution is 0.294. The number of pyridine rings is 2. The Labute approximate surface area is 295 Å². The molecule has 4 aromatic heterocycles. The summed E-state index contributed by atoms with van der Waals surface area (Å²) in [5, 5.41) is 0.869. The first-order chi connectivity index (χ1) is 25.4. The minimum atomic E-state index is -0.455. The van der Waals surface area contributed by atoms with Gasteiger partial charge in [-0.25, -0.2) is 23.7 Å². The van der Waals surface area contributed by atoms with Crippen LogP contribution < -0.4 is 15.9 Å². The molecule has 0 amide bonds. The molecule has 4 aromatic carbocycles. The highest BCUT2D eigenvalue weighted by Gasteiger charge is 2.13. The van der Waals surface area contributed by atoms with Crippen molar-refractivity contribution < 1.29 is 13.5 Å². The number of hydrogen-bond acceptors (Lipinski definition) is 7. The first-order valence-corrected chi connectivity index (χ1v) is 16.4. The summed E-state index contributed by atoms with van der Waals surface area (Å²) in [6, 6.07) is 29.1. The Morgan fingerprint density at radius 1 is 0.577 bits per heavy atom. The van der Waals surface area contributed by atoms with E-state index in [1.54, 1.807) is 97.5 Å². The minimum Gasteiger partial charge on any atom is -0.473 e. The SMILES string of the molecule is O=c1c2ccccc2ncn1Cc1ccc(-c2ccnc(OCc3ccc4c(=O)n(Cc5ccc(-c6cccnc6)cc5F)cnc4c3)c2)cc1F. The highest BCUT2D eigenvalue weighted by molar-refractivity contribution is 5.78. The number of ether oxygens (including phenoxy) is 1. The third-order valence-electron chi connectivity index (χ3n) is 8.86. The van der Waals surface area contributed by atoms with Gasteiger partial charge in [0.1, 0.15) is 18.2 Å². The van der Waals surface area contributed by atoms with Crippen LogP contribution in [0.1, 0.15) is 16.7 Å². The molecule has 11 heteroatoms. The van der Waals surface area contributed by atoms with E-state index in [0.29, 0.717) is 55.5 Å². The van der Waals surface area contributed by atoms with Crippen LogP contribution >= 0.6 is 0 Å². The summed E-state index contributed by atoms with van der Waals surface area (Å²) in [5.74, 6) is -0.548. The molecule has 0 spiro atoms. The third kappa shape index (κ3) is 6.54. The highest BCUT2D eigenvalue weighted by Crippen LogP contribution is 2.26. The summed E-state index contributed by atoms with van der Waals surface area (Å²) in [5.41, 5.74) is 4.84. The molecule has 52 heavy (non-hydrogen) atoms. The minimum absolute atomic E-state index is 0.0301. The fourth-order valence-electron chi connectivity index (χ4n) is 6.06. The average molecular weight is 691 g/mol. The summed E-state index contributed by atoms with van der Waals surface area (Å²) < 4.78 is 39.0. The molecule has 0 N–H and O–H groups in total. The van der Waals surface area contributed by atoms with Gasteiger partial charge in [-0.3, -0.25) is 23.7 Å². The largest absolute Gasteiger partial charge is 0.473 e. The molecule has 0 aliphatic carbocycles. The van der Waals surface area contributed by atoms with Crippen LogP contribution in [0, 0.1) is 11.6 Å². The predicted molar refractivity (Wildman–Crippen MR) is 194 cm³/mol. The van der Waals surface area contributed by atoms with Crippen molar-refractivity contribution in [3.63, 3.8) is 0 Å². The van der Waals surface area contributed by atoms with Crippen molar-refractivity contribution in [3.05, 3.63) is 183 Å². The van der Waals surface area contributed by atoms with Crippen LogP contribution in [0.3, 0.4) is 0 Å². The number of nitrogens with zero attached hydrogens (tertiary/aromatic N) is 6. The van der Waals surface area contributed by atoms with Gasteiger partial charge in [-0.1, -0.05) is 48.5 Å². The molecule has 9 nitrogen and oxygen atoms in total. The number of fused-ring (bicyclic) bond motifs is 2. The van der Waals surface area contributed by atoms with Gasteiger partial charge < -0.3 is 4.74 Å². The molecule has 0 saturated heterocycles. The fourth-order valence-corrected chi connectivity index (χ4v) is 6.06. The zero-order valence-corrected chi connectivity index (χ0v) is 27.5. The molecule has 0 atom stereocenters. The van der Waals surface area contributed by atoms with Crippen LogP contribution in [-0.4, -0.2) is 29.1 Å². The molecule has 0 radical (unpaired) electrons. The van der Waals surface area contributed by atoms with E-state index in [0.717, 1.165) is 11.1 Å². The second-order valence-electron chi connectivity index (χ2n) is 12.2. The maximum absolute atomic E-state index is 15.3. The van der Waals surface area contributed by atoms with E-state index < -0.39 is 11.6 Å². The van der Waals surface area contributed by atoms with Crippen molar-refractivity contribution in [2.45, 2.75) is 19.7 Å². The van der Waals surface area contributed by atoms with Gasteiger partial charge in [0.25, 0.3) is 11.1 Å². The maximum atomic E-state index is 15.3. The Morgan fingerprint density at radius 3 is 1.92 bits per heavy atom. The average Bonchev–Trinajstić information content (AvgIpc) is 3.18. The number of aromatic nitrogens is 6. The quantitative estimate of drug-likeness (QED) is 0.158. The summed E-state index contributed by atoms with van der Waals surface area (Å²) >= 11 is 0. The Bertz CT molecular complexity index is 2730. The van der Waals surface area contributed by atoms with E-state index >= 15 is 8.78 Å². The Kier molecular flexibility index (Phi) is 8.58. The monoisotopic (exact) mass is 690 g/mol. The van der Waals surface area contributed by atoms with Crippen molar-refractivity contribution in [1.82, 2.24) is 29.1 Å². The molecular weight excluding hydrogens is 662 g/mol. The van der Waals surface area contributed by atoms with Crippen LogP contribution in [0.4, 0.5) is 8.78 Å². The predicted octanol–water partition coefficient (Wildman–Crippen LogP) is 7.18. The van der Waals surface area contributed by atoms with Gasteiger partial charge in [0.2, 0.25) is 5.88 Å². The van der Waals surface area contributed by atoms with Crippen LogP contribution in [0.5, 0.6) is 5.88 Å². The second kappa shape index (κ2) is 13.8. The van der Waals surface area contributed by atoms with Crippen LogP contribution in [0.15, 0.2) is 144 Å². The summed E-state index contributed by atoms with van der Waals surface area (Å²) in [7, 11) is 0.